The van der Waals surface area contributed by atoms with Crippen molar-refractivity contribution in [1.29, 1.82) is 0 Å². The molecule has 2 N–H and O–H groups in total. The molecule has 0 saturated heterocycles. The summed E-state index contributed by atoms with van der Waals surface area (Å²) in [4.78, 5) is 18.3. The molecule has 98 valence electrons. The molecule has 0 saturated carbocycles. The molecule has 0 radical (unpaired) electrons. The molecule has 0 fully saturated rings. The topological polar surface area (TPSA) is 72.4 Å². The van der Waals surface area contributed by atoms with Gasteiger partial charge in [-0.3, -0.25) is 4.79 Å². The zero-order valence-electron chi connectivity index (χ0n) is 10.5. The number of oxazole rings is 1. The van der Waals surface area contributed by atoms with E-state index in [2.05, 4.69) is 4.98 Å². The van der Waals surface area contributed by atoms with Gasteiger partial charge in [-0.05, 0) is 18.1 Å². The zero-order chi connectivity index (χ0) is 13.2. The van der Waals surface area contributed by atoms with E-state index >= 15 is 0 Å². The van der Waals surface area contributed by atoms with Crippen LogP contribution in [0.3, 0.4) is 0 Å². The molecule has 1 aliphatic rings. The molecule has 2 heterocycles. The van der Waals surface area contributed by atoms with Crippen molar-refractivity contribution in [1.82, 2.24) is 4.98 Å². The summed E-state index contributed by atoms with van der Waals surface area (Å²) >= 11 is 0. The first-order valence-corrected chi connectivity index (χ1v) is 6.34. The molecule has 2 aromatic rings. The molecule has 19 heavy (non-hydrogen) atoms. The summed E-state index contributed by atoms with van der Waals surface area (Å²) in [6, 6.07) is 7.93. The van der Waals surface area contributed by atoms with Crippen LogP contribution >= 0.6 is 0 Å². The molecule has 5 nitrogen and oxygen atoms in total. The van der Waals surface area contributed by atoms with Crippen LogP contribution in [0.5, 0.6) is 0 Å². The van der Waals surface area contributed by atoms with Crippen molar-refractivity contribution in [2.24, 2.45) is 5.73 Å². The number of carbonyl (C=O) groups is 1. The van der Waals surface area contributed by atoms with Crippen LogP contribution in [0.15, 0.2) is 34.9 Å². The highest BCUT2D eigenvalue weighted by Crippen LogP contribution is 2.28. The normalized spacial score (nSPS) is 13.6. The van der Waals surface area contributed by atoms with Gasteiger partial charge >= 0.3 is 0 Å². The monoisotopic (exact) mass is 257 g/mol. The molecular formula is C14H15N3O2. The average Bonchev–Trinajstić information content (AvgIpc) is 3.05. The minimum absolute atomic E-state index is 0.114. The van der Waals surface area contributed by atoms with Gasteiger partial charge in [-0.15, -0.1) is 0 Å². The predicted molar refractivity (Wildman–Crippen MR) is 71.1 cm³/mol. The number of anilines is 1. The maximum Gasteiger partial charge on any atom is 0.280 e. The van der Waals surface area contributed by atoms with Crippen LogP contribution in [-0.4, -0.2) is 24.0 Å². The molecule has 0 bridgehead atoms. The SMILES string of the molecule is NCCc1nc(C(=O)N2CCc3ccccc32)co1. The van der Waals surface area contributed by atoms with E-state index in [1.165, 1.54) is 11.8 Å². The zero-order valence-corrected chi connectivity index (χ0v) is 10.5. The van der Waals surface area contributed by atoms with Gasteiger partial charge in [0.15, 0.2) is 11.6 Å². The van der Waals surface area contributed by atoms with Gasteiger partial charge in [-0.2, -0.15) is 0 Å². The molecule has 0 atom stereocenters. The molecule has 0 unspecified atom stereocenters. The van der Waals surface area contributed by atoms with E-state index in [0.29, 0.717) is 31.1 Å². The lowest BCUT2D eigenvalue weighted by Crippen LogP contribution is -2.29. The second-order valence-corrected chi connectivity index (χ2v) is 4.50. The fourth-order valence-electron chi connectivity index (χ4n) is 2.33. The highest BCUT2D eigenvalue weighted by Gasteiger charge is 2.27. The first kappa shape index (κ1) is 11.9. The van der Waals surface area contributed by atoms with Crippen molar-refractivity contribution in [3.63, 3.8) is 0 Å². The van der Waals surface area contributed by atoms with E-state index in [9.17, 15) is 4.79 Å². The van der Waals surface area contributed by atoms with Crippen molar-refractivity contribution in [2.75, 3.05) is 18.0 Å². The van der Waals surface area contributed by atoms with Crippen LogP contribution < -0.4 is 10.6 Å². The summed E-state index contributed by atoms with van der Waals surface area (Å²) in [5.41, 5.74) is 7.95. The molecule has 5 heteroatoms. The molecule has 3 rings (SSSR count). The van der Waals surface area contributed by atoms with Crippen LogP contribution in [0.2, 0.25) is 0 Å². The number of carbonyl (C=O) groups excluding carboxylic acids is 1. The Morgan fingerprint density at radius 3 is 3.11 bits per heavy atom. The predicted octanol–water partition coefficient (Wildman–Crippen LogP) is 1.38. The van der Waals surface area contributed by atoms with Crippen LogP contribution in [0.4, 0.5) is 5.69 Å². The number of nitrogens with two attached hydrogens (primary N) is 1. The number of amides is 1. The number of rotatable bonds is 3. The van der Waals surface area contributed by atoms with Crippen molar-refractivity contribution in [2.45, 2.75) is 12.8 Å². The molecular weight excluding hydrogens is 242 g/mol. The third kappa shape index (κ3) is 2.13. The Labute approximate surface area is 111 Å². The Balaban J connectivity index is 1.85. The van der Waals surface area contributed by atoms with E-state index in [-0.39, 0.29) is 5.91 Å². The molecule has 1 aliphatic heterocycles. The van der Waals surface area contributed by atoms with Gasteiger partial charge in [0.05, 0.1) is 0 Å². The summed E-state index contributed by atoms with van der Waals surface area (Å²) in [5.74, 6) is 0.398. The van der Waals surface area contributed by atoms with Crippen molar-refractivity contribution in [3.8, 4) is 0 Å². The summed E-state index contributed by atoms with van der Waals surface area (Å²) < 4.78 is 5.24. The van der Waals surface area contributed by atoms with Gasteiger partial charge in [0, 0.05) is 25.2 Å². The Hall–Kier alpha value is -2.14. The minimum Gasteiger partial charge on any atom is -0.448 e. The smallest absolute Gasteiger partial charge is 0.280 e. The van der Waals surface area contributed by atoms with Crippen molar-refractivity contribution < 1.29 is 9.21 Å². The quantitative estimate of drug-likeness (QED) is 0.901. The fraction of sp³-hybridized carbons (Fsp3) is 0.286. The summed E-state index contributed by atoms with van der Waals surface area (Å²) in [7, 11) is 0. The van der Waals surface area contributed by atoms with Crippen LogP contribution in [0.25, 0.3) is 0 Å². The largest absolute Gasteiger partial charge is 0.448 e. The number of benzene rings is 1. The Bertz CT molecular complexity index is 606. The number of para-hydroxylation sites is 1. The van der Waals surface area contributed by atoms with Crippen LogP contribution in [-0.2, 0) is 12.8 Å². The summed E-state index contributed by atoms with van der Waals surface area (Å²) in [6.07, 6.45) is 2.84. The van der Waals surface area contributed by atoms with Gasteiger partial charge in [-0.25, -0.2) is 4.98 Å². The number of aromatic nitrogens is 1. The minimum atomic E-state index is -0.114. The average molecular weight is 257 g/mol. The lowest BCUT2D eigenvalue weighted by Gasteiger charge is -2.15. The van der Waals surface area contributed by atoms with Crippen LogP contribution in [0, 0.1) is 0 Å². The lowest BCUT2D eigenvalue weighted by molar-refractivity contribution is 0.0984. The summed E-state index contributed by atoms with van der Waals surface area (Å²) in [5, 5.41) is 0. The molecule has 1 aromatic heterocycles. The maximum atomic E-state index is 12.4. The number of hydrogen-bond acceptors (Lipinski definition) is 4. The van der Waals surface area contributed by atoms with E-state index in [1.807, 2.05) is 24.3 Å². The number of nitrogens with zero attached hydrogens (tertiary/aromatic N) is 2. The molecule has 1 aromatic carbocycles. The van der Waals surface area contributed by atoms with Gasteiger partial charge in [0.2, 0.25) is 0 Å². The fourth-order valence-corrected chi connectivity index (χ4v) is 2.33. The first-order valence-electron chi connectivity index (χ1n) is 6.34. The Morgan fingerprint density at radius 2 is 2.26 bits per heavy atom. The number of fused-ring (bicyclic) bond motifs is 1. The second-order valence-electron chi connectivity index (χ2n) is 4.50. The summed E-state index contributed by atoms with van der Waals surface area (Å²) in [6.45, 7) is 1.15. The van der Waals surface area contributed by atoms with Gasteiger partial charge in [-0.1, -0.05) is 18.2 Å². The highest BCUT2D eigenvalue weighted by atomic mass is 16.3. The standard InChI is InChI=1S/C14H15N3O2/c15-7-5-13-16-11(9-19-13)14(18)17-8-6-10-3-1-2-4-12(10)17/h1-4,9H,5-8,15H2. The Kier molecular flexibility index (Phi) is 3.05. The molecule has 0 aliphatic carbocycles. The van der Waals surface area contributed by atoms with E-state index in [4.69, 9.17) is 10.2 Å². The van der Waals surface area contributed by atoms with Crippen LogP contribution in [0.1, 0.15) is 21.9 Å². The number of hydrogen-bond donors (Lipinski definition) is 1. The van der Waals surface area contributed by atoms with E-state index in [1.54, 1.807) is 4.90 Å². The highest BCUT2D eigenvalue weighted by molar-refractivity contribution is 6.05. The van der Waals surface area contributed by atoms with E-state index < -0.39 is 0 Å². The Morgan fingerprint density at radius 1 is 1.42 bits per heavy atom. The third-order valence-corrected chi connectivity index (χ3v) is 3.26. The lowest BCUT2D eigenvalue weighted by atomic mass is 10.2. The molecule has 0 spiro atoms. The third-order valence-electron chi connectivity index (χ3n) is 3.26. The second kappa shape index (κ2) is 4.85. The van der Waals surface area contributed by atoms with Gasteiger partial charge in [0.1, 0.15) is 6.26 Å². The van der Waals surface area contributed by atoms with Gasteiger partial charge < -0.3 is 15.1 Å². The molecule has 1 amide bonds. The van der Waals surface area contributed by atoms with E-state index in [0.717, 1.165) is 12.1 Å². The maximum absolute atomic E-state index is 12.4. The first-order chi connectivity index (χ1) is 9.29. The van der Waals surface area contributed by atoms with Crippen molar-refractivity contribution >= 4 is 11.6 Å². The van der Waals surface area contributed by atoms with Crippen molar-refractivity contribution in [3.05, 3.63) is 47.7 Å². The van der Waals surface area contributed by atoms with Gasteiger partial charge in [0.25, 0.3) is 5.91 Å².